The van der Waals surface area contributed by atoms with Gasteiger partial charge in [0.25, 0.3) is 0 Å². The Labute approximate surface area is 103 Å². The van der Waals surface area contributed by atoms with E-state index in [1.54, 1.807) is 6.26 Å². The number of hydrogen-bond acceptors (Lipinski definition) is 3. The normalized spacial score (nSPS) is 12.7. The van der Waals surface area contributed by atoms with Gasteiger partial charge in [0.2, 0.25) is 5.89 Å². The summed E-state index contributed by atoms with van der Waals surface area (Å²) in [6.45, 7) is 1.95. The molecular formula is C12H13BrN2O. The zero-order valence-corrected chi connectivity index (χ0v) is 10.6. The Balaban J connectivity index is 2.28. The minimum atomic E-state index is 0.0946. The molecule has 0 amide bonds. The van der Waals surface area contributed by atoms with Crippen LogP contribution in [0, 0.1) is 0 Å². The molecule has 3 nitrogen and oxygen atoms in total. The molecule has 0 aliphatic heterocycles. The number of nitrogens with two attached hydrogens (primary N) is 1. The molecule has 1 heterocycles. The van der Waals surface area contributed by atoms with Crippen LogP contribution in [0.25, 0.3) is 11.5 Å². The Hall–Kier alpha value is -1.13. The smallest absolute Gasteiger partial charge is 0.227 e. The van der Waals surface area contributed by atoms with Gasteiger partial charge in [-0.1, -0.05) is 12.1 Å². The maximum Gasteiger partial charge on any atom is 0.227 e. The summed E-state index contributed by atoms with van der Waals surface area (Å²) in [6.07, 6.45) is 2.39. The quantitative estimate of drug-likeness (QED) is 0.940. The fourth-order valence-corrected chi connectivity index (χ4v) is 1.94. The first-order valence-corrected chi connectivity index (χ1v) is 5.91. The van der Waals surface area contributed by atoms with Crippen molar-refractivity contribution in [1.29, 1.82) is 0 Å². The summed E-state index contributed by atoms with van der Waals surface area (Å²) in [5.41, 5.74) is 7.56. The molecule has 84 valence electrons. The van der Waals surface area contributed by atoms with E-state index >= 15 is 0 Å². The van der Waals surface area contributed by atoms with Gasteiger partial charge in [-0.2, -0.15) is 0 Å². The predicted molar refractivity (Wildman–Crippen MR) is 67.0 cm³/mol. The largest absolute Gasteiger partial charge is 0.444 e. The Morgan fingerprint density at radius 1 is 1.44 bits per heavy atom. The summed E-state index contributed by atoms with van der Waals surface area (Å²) in [5, 5.41) is 0. The number of aromatic nitrogens is 1. The van der Waals surface area contributed by atoms with Gasteiger partial charge in [0.15, 0.2) is 0 Å². The van der Waals surface area contributed by atoms with Crippen molar-refractivity contribution in [2.45, 2.75) is 19.4 Å². The molecule has 0 bridgehead atoms. The minimum absolute atomic E-state index is 0.0946. The molecule has 1 aromatic carbocycles. The van der Waals surface area contributed by atoms with E-state index in [4.69, 9.17) is 10.2 Å². The van der Waals surface area contributed by atoms with Crippen molar-refractivity contribution >= 4 is 15.9 Å². The lowest BCUT2D eigenvalue weighted by Gasteiger charge is -1.99. The number of nitrogens with zero attached hydrogens (tertiary/aromatic N) is 1. The third kappa shape index (κ3) is 2.51. The summed E-state index contributed by atoms with van der Waals surface area (Å²) in [7, 11) is 0. The summed E-state index contributed by atoms with van der Waals surface area (Å²) in [5.74, 6) is 0.628. The van der Waals surface area contributed by atoms with E-state index in [0.717, 1.165) is 22.2 Å². The summed E-state index contributed by atoms with van der Waals surface area (Å²) in [4.78, 5) is 4.40. The van der Waals surface area contributed by atoms with Gasteiger partial charge in [-0.25, -0.2) is 4.98 Å². The number of hydrogen-bond donors (Lipinski definition) is 1. The number of oxazole rings is 1. The topological polar surface area (TPSA) is 52.0 Å². The standard InChI is InChI=1S/C12H13BrN2O/c1-8(14)6-9-7-16-12(15-9)10-4-2-3-5-11(10)13/h2-5,7-8H,6,14H2,1H3. The van der Waals surface area contributed by atoms with Crippen LogP contribution in [0.1, 0.15) is 12.6 Å². The third-order valence-corrected chi connectivity index (χ3v) is 2.88. The predicted octanol–water partition coefficient (Wildman–Crippen LogP) is 2.99. The van der Waals surface area contributed by atoms with Crippen molar-refractivity contribution < 1.29 is 4.42 Å². The van der Waals surface area contributed by atoms with Crippen molar-refractivity contribution in [3.05, 3.63) is 40.7 Å². The molecule has 0 radical (unpaired) electrons. The van der Waals surface area contributed by atoms with E-state index in [0.29, 0.717) is 5.89 Å². The monoisotopic (exact) mass is 280 g/mol. The van der Waals surface area contributed by atoms with Gasteiger partial charge >= 0.3 is 0 Å². The Bertz CT molecular complexity index is 479. The van der Waals surface area contributed by atoms with Crippen LogP contribution in [0.4, 0.5) is 0 Å². The van der Waals surface area contributed by atoms with E-state index in [9.17, 15) is 0 Å². The fourth-order valence-electron chi connectivity index (χ4n) is 1.49. The van der Waals surface area contributed by atoms with Crippen LogP contribution in [-0.4, -0.2) is 11.0 Å². The maximum absolute atomic E-state index is 5.71. The minimum Gasteiger partial charge on any atom is -0.444 e. The Morgan fingerprint density at radius 2 is 2.19 bits per heavy atom. The van der Waals surface area contributed by atoms with Gasteiger partial charge in [-0.15, -0.1) is 0 Å². The summed E-state index contributed by atoms with van der Waals surface area (Å²) >= 11 is 3.47. The van der Waals surface area contributed by atoms with Crippen LogP contribution < -0.4 is 5.73 Å². The highest BCUT2D eigenvalue weighted by molar-refractivity contribution is 9.10. The SMILES string of the molecule is CC(N)Cc1coc(-c2ccccc2Br)n1. The molecule has 0 aliphatic carbocycles. The molecule has 2 N–H and O–H groups in total. The first kappa shape index (κ1) is 11.4. The average Bonchev–Trinajstić information content (AvgIpc) is 2.66. The highest BCUT2D eigenvalue weighted by Gasteiger charge is 2.10. The van der Waals surface area contributed by atoms with E-state index < -0.39 is 0 Å². The molecule has 0 saturated heterocycles. The lowest BCUT2D eigenvalue weighted by atomic mass is 10.2. The van der Waals surface area contributed by atoms with Crippen molar-refractivity contribution in [3.8, 4) is 11.5 Å². The van der Waals surface area contributed by atoms with Gasteiger partial charge in [0, 0.05) is 16.9 Å². The van der Waals surface area contributed by atoms with Crippen molar-refractivity contribution in [2.75, 3.05) is 0 Å². The van der Waals surface area contributed by atoms with Crippen LogP contribution in [0.3, 0.4) is 0 Å². The van der Waals surface area contributed by atoms with Crippen LogP contribution in [-0.2, 0) is 6.42 Å². The number of rotatable bonds is 3. The van der Waals surface area contributed by atoms with E-state index in [-0.39, 0.29) is 6.04 Å². The molecule has 2 rings (SSSR count). The van der Waals surface area contributed by atoms with Crippen LogP contribution in [0.2, 0.25) is 0 Å². The van der Waals surface area contributed by atoms with Gasteiger partial charge < -0.3 is 10.2 Å². The molecule has 4 heteroatoms. The second-order valence-electron chi connectivity index (χ2n) is 3.81. The molecule has 2 aromatic rings. The zero-order chi connectivity index (χ0) is 11.5. The van der Waals surface area contributed by atoms with Crippen molar-refractivity contribution in [3.63, 3.8) is 0 Å². The lowest BCUT2D eigenvalue weighted by Crippen LogP contribution is -2.17. The molecule has 1 aromatic heterocycles. The maximum atomic E-state index is 5.71. The van der Waals surface area contributed by atoms with Gasteiger partial charge in [0.05, 0.1) is 11.3 Å². The Kier molecular flexibility index (Phi) is 3.41. The van der Waals surface area contributed by atoms with E-state index in [1.165, 1.54) is 0 Å². The van der Waals surface area contributed by atoms with Crippen LogP contribution in [0.5, 0.6) is 0 Å². The molecule has 0 saturated carbocycles. The lowest BCUT2D eigenvalue weighted by molar-refractivity contribution is 0.570. The molecule has 1 atom stereocenters. The molecular weight excluding hydrogens is 268 g/mol. The number of benzene rings is 1. The second kappa shape index (κ2) is 4.80. The molecule has 0 aliphatic rings. The highest BCUT2D eigenvalue weighted by Crippen LogP contribution is 2.27. The van der Waals surface area contributed by atoms with Gasteiger partial charge in [-0.05, 0) is 35.0 Å². The first-order chi connectivity index (χ1) is 7.66. The van der Waals surface area contributed by atoms with E-state index in [2.05, 4.69) is 20.9 Å². The van der Waals surface area contributed by atoms with Crippen LogP contribution >= 0.6 is 15.9 Å². The van der Waals surface area contributed by atoms with Gasteiger partial charge in [0.1, 0.15) is 6.26 Å². The van der Waals surface area contributed by atoms with Crippen LogP contribution in [0.15, 0.2) is 39.4 Å². The number of halogens is 1. The fraction of sp³-hybridized carbons (Fsp3) is 0.250. The molecule has 1 unspecified atom stereocenters. The molecule has 0 spiro atoms. The first-order valence-electron chi connectivity index (χ1n) is 5.11. The van der Waals surface area contributed by atoms with Gasteiger partial charge in [-0.3, -0.25) is 0 Å². The van der Waals surface area contributed by atoms with Crippen molar-refractivity contribution in [1.82, 2.24) is 4.98 Å². The Morgan fingerprint density at radius 3 is 2.88 bits per heavy atom. The zero-order valence-electron chi connectivity index (χ0n) is 8.98. The second-order valence-corrected chi connectivity index (χ2v) is 4.66. The highest BCUT2D eigenvalue weighted by atomic mass is 79.9. The molecule has 16 heavy (non-hydrogen) atoms. The average molecular weight is 281 g/mol. The third-order valence-electron chi connectivity index (χ3n) is 2.19. The molecule has 0 fully saturated rings. The summed E-state index contributed by atoms with van der Waals surface area (Å²) in [6, 6.07) is 7.93. The summed E-state index contributed by atoms with van der Waals surface area (Å²) < 4.78 is 6.41. The van der Waals surface area contributed by atoms with Crippen molar-refractivity contribution in [2.24, 2.45) is 5.73 Å². The van der Waals surface area contributed by atoms with E-state index in [1.807, 2.05) is 31.2 Å².